The van der Waals surface area contributed by atoms with Gasteiger partial charge in [0.05, 0.1) is 17.2 Å². The van der Waals surface area contributed by atoms with E-state index in [0.717, 1.165) is 12.8 Å². The minimum Gasteiger partial charge on any atom is -0.394 e. The fraction of sp³-hybridized carbons (Fsp3) is 0.545. The molecule has 0 saturated heterocycles. The molecule has 5 nitrogen and oxygen atoms in total. The van der Waals surface area contributed by atoms with Crippen LogP contribution in [-0.4, -0.2) is 30.7 Å². The average Bonchev–Trinajstić information content (AvgIpc) is 2.78. The first kappa shape index (κ1) is 13.7. The van der Waals surface area contributed by atoms with Gasteiger partial charge in [-0.3, -0.25) is 4.98 Å². The second kappa shape index (κ2) is 5.13. The van der Waals surface area contributed by atoms with Crippen LogP contribution in [0, 0.1) is 0 Å². The number of halogens is 1. The van der Waals surface area contributed by atoms with Crippen LogP contribution in [0.25, 0.3) is 0 Å². The van der Waals surface area contributed by atoms with Crippen LogP contribution in [0.15, 0.2) is 23.4 Å². The molecule has 0 unspecified atom stereocenters. The van der Waals surface area contributed by atoms with Crippen molar-refractivity contribution in [2.24, 2.45) is 0 Å². The Bertz CT molecular complexity index is 527. The van der Waals surface area contributed by atoms with Crippen LogP contribution in [-0.2, 0) is 10.0 Å². The number of hydrogen-bond donors (Lipinski definition) is 2. The Hall–Kier alpha value is -0.690. The van der Waals surface area contributed by atoms with Gasteiger partial charge in [-0.2, -0.15) is 0 Å². The van der Waals surface area contributed by atoms with Crippen molar-refractivity contribution in [2.75, 3.05) is 6.61 Å². The van der Waals surface area contributed by atoms with Gasteiger partial charge in [0.25, 0.3) is 0 Å². The lowest BCUT2D eigenvalue weighted by atomic mass is 10.0. The molecule has 0 aliphatic heterocycles. The molecule has 0 atom stereocenters. The summed E-state index contributed by atoms with van der Waals surface area (Å²) in [6.45, 7) is -0.204. The van der Waals surface area contributed by atoms with Gasteiger partial charge >= 0.3 is 0 Å². The van der Waals surface area contributed by atoms with Crippen LogP contribution < -0.4 is 4.72 Å². The Labute approximate surface area is 111 Å². The lowest BCUT2D eigenvalue weighted by Crippen LogP contribution is -2.49. The summed E-state index contributed by atoms with van der Waals surface area (Å²) >= 11 is 5.86. The number of hydrogen-bond acceptors (Lipinski definition) is 4. The van der Waals surface area contributed by atoms with Gasteiger partial charge in [0.2, 0.25) is 10.0 Å². The van der Waals surface area contributed by atoms with E-state index in [-0.39, 0.29) is 16.5 Å². The highest BCUT2D eigenvalue weighted by Crippen LogP contribution is 2.31. The zero-order chi connectivity index (χ0) is 13.2. The molecule has 1 aliphatic carbocycles. The third-order valence-corrected chi connectivity index (χ3v) is 5.29. The van der Waals surface area contributed by atoms with Crippen molar-refractivity contribution in [1.82, 2.24) is 9.71 Å². The lowest BCUT2D eigenvalue weighted by molar-refractivity contribution is 0.185. The average molecular weight is 291 g/mol. The molecule has 1 aromatic heterocycles. The first-order chi connectivity index (χ1) is 8.49. The Kier molecular flexibility index (Phi) is 3.91. The van der Waals surface area contributed by atoms with E-state index in [1.807, 2.05) is 0 Å². The van der Waals surface area contributed by atoms with Crippen molar-refractivity contribution in [3.8, 4) is 0 Å². The molecule has 7 heteroatoms. The molecule has 1 aliphatic rings. The molecule has 1 heterocycles. The fourth-order valence-electron chi connectivity index (χ4n) is 2.24. The second-order valence-corrected chi connectivity index (χ2v) is 6.62. The molecule has 1 aromatic rings. The van der Waals surface area contributed by atoms with E-state index in [1.165, 1.54) is 18.5 Å². The third kappa shape index (κ3) is 2.66. The summed E-state index contributed by atoms with van der Waals surface area (Å²) in [6.07, 6.45) is 5.73. The van der Waals surface area contributed by atoms with Gasteiger partial charge in [-0.25, -0.2) is 13.1 Å². The normalized spacial score (nSPS) is 19.0. The number of aliphatic hydroxyl groups excluding tert-OH is 1. The molecule has 0 spiro atoms. The largest absolute Gasteiger partial charge is 0.394 e. The van der Waals surface area contributed by atoms with Gasteiger partial charge in [-0.05, 0) is 18.9 Å². The van der Waals surface area contributed by atoms with Crippen molar-refractivity contribution in [2.45, 2.75) is 36.1 Å². The lowest BCUT2D eigenvalue weighted by Gasteiger charge is -2.27. The monoisotopic (exact) mass is 290 g/mol. The molecular weight excluding hydrogens is 276 g/mol. The Morgan fingerprint density at radius 1 is 1.44 bits per heavy atom. The molecule has 0 bridgehead atoms. The number of sulfonamides is 1. The van der Waals surface area contributed by atoms with Crippen LogP contribution in [0.3, 0.4) is 0 Å². The van der Waals surface area contributed by atoms with Crippen LogP contribution in [0.5, 0.6) is 0 Å². The number of aromatic nitrogens is 1. The fourth-order valence-corrected chi connectivity index (χ4v) is 4.13. The summed E-state index contributed by atoms with van der Waals surface area (Å²) in [5.41, 5.74) is -0.752. The van der Waals surface area contributed by atoms with E-state index in [1.54, 1.807) is 0 Å². The second-order valence-electron chi connectivity index (χ2n) is 4.56. The van der Waals surface area contributed by atoms with Crippen molar-refractivity contribution < 1.29 is 13.5 Å². The molecule has 2 N–H and O–H groups in total. The van der Waals surface area contributed by atoms with Gasteiger partial charge < -0.3 is 5.11 Å². The van der Waals surface area contributed by atoms with E-state index >= 15 is 0 Å². The van der Waals surface area contributed by atoms with Gasteiger partial charge in [0.15, 0.2) is 0 Å². The summed E-state index contributed by atoms with van der Waals surface area (Å²) < 4.78 is 27.0. The third-order valence-electron chi connectivity index (χ3n) is 3.24. The van der Waals surface area contributed by atoms with E-state index in [2.05, 4.69) is 9.71 Å². The van der Waals surface area contributed by atoms with Crippen LogP contribution in [0.1, 0.15) is 25.7 Å². The van der Waals surface area contributed by atoms with Crippen LogP contribution >= 0.6 is 11.6 Å². The molecule has 2 rings (SSSR count). The molecule has 0 amide bonds. The predicted molar refractivity (Wildman–Crippen MR) is 67.9 cm³/mol. The van der Waals surface area contributed by atoms with Crippen LogP contribution in [0.4, 0.5) is 0 Å². The smallest absolute Gasteiger partial charge is 0.244 e. The predicted octanol–water partition coefficient (Wildman–Crippen LogP) is 1.32. The highest BCUT2D eigenvalue weighted by molar-refractivity contribution is 7.89. The molecule has 0 aromatic carbocycles. The van der Waals surface area contributed by atoms with Crippen LogP contribution in [0.2, 0.25) is 5.02 Å². The molecule has 18 heavy (non-hydrogen) atoms. The summed E-state index contributed by atoms with van der Waals surface area (Å²) in [7, 11) is -3.75. The van der Waals surface area contributed by atoms with Crippen molar-refractivity contribution in [3.63, 3.8) is 0 Å². The summed E-state index contributed by atoms with van der Waals surface area (Å²) in [6, 6.07) is 1.43. The highest BCUT2D eigenvalue weighted by atomic mass is 35.5. The van der Waals surface area contributed by atoms with E-state index in [0.29, 0.717) is 12.8 Å². The molecule has 1 fully saturated rings. The van der Waals surface area contributed by atoms with Crippen molar-refractivity contribution >= 4 is 21.6 Å². The Morgan fingerprint density at radius 3 is 2.67 bits per heavy atom. The number of nitrogens with one attached hydrogen (secondary N) is 1. The maximum absolute atomic E-state index is 12.2. The highest BCUT2D eigenvalue weighted by Gasteiger charge is 2.38. The van der Waals surface area contributed by atoms with Gasteiger partial charge in [-0.15, -0.1) is 0 Å². The van der Waals surface area contributed by atoms with E-state index in [9.17, 15) is 13.5 Å². The van der Waals surface area contributed by atoms with E-state index in [4.69, 9.17) is 11.6 Å². The molecular formula is C11H15ClN2O3S. The molecule has 0 radical (unpaired) electrons. The zero-order valence-electron chi connectivity index (χ0n) is 9.76. The summed E-state index contributed by atoms with van der Waals surface area (Å²) in [5.74, 6) is 0. The molecule has 1 saturated carbocycles. The number of nitrogens with zero attached hydrogens (tertiary/aromatic N) is 1. The SMILES string of the molecule is O=S(=O)(NC1(CO)CCCC1)c1cnccc1Cl. The first-order valence-electron chi connectivity index (χ1n) is 5.73. The topological polar surface area (TPSA) is 79.3 Å². The van der Waals surface area contributed by atoms with Crippen molar-refractivity contribution in [1.29, 1.82) is 0 Å². The summed E-state index contributed by atoms with van der Waals surface area (Å²) in [4.78, 5) is 3.72. The van der Waals surface area contributed by atoms with E-state index < -0.39 is 15.6 Å². The maximum atomic E-state index is 12.2. The summed E-state index contributed by atoms with van der Waals surface area (Å²) in [5, 5.41) is 9.55. The quantitative estimate of drug-likeness (QED) is 0.876. The molecule has 100 valence electrons. The Balaban J connectivity index is 2.30. The van der Waals surface area contributed by atoms with Crippen molar-refractivity contribution in [3.05, 3.63) is 23.5 Å². The number of rotatable bonds is 4. The minimum atomic E-state index is -3.75. The Morgan fingerprint density at radius 2 is 2.11 bits per heavy atom. The zero-order valence-corrected chi connectivity index (χ0v) is 11.3. The number of aliphatic hydroxyl groups is 1. The van der Waals surface area contributed by atoms with Gasteiger partial charge in [0.1, 0.15) is 4.90 Å². The van der Waals surface area contributed by atoms with Gasteiger partial charge in [0, 0.05) is 12.4 Å². The minimum absolute atomic E-state index is 0.0496. The number of pyridine rings is 1. The first-order valence-corrected chi connectivity index (χ1v) is 7.60. The maximum Gasteiger partial charge on any atom is 0.244 e. The standard InChI is InChI=1S/C11H15ClN2O3S/c12-9-3-6-13-7-10(9)18(16,17)14-11(8-15)4-1-2-5-11/h3,6-7,14-15H,1-2,4-5,8H2. The van der Waals surface area contributed by atoms with Gasteiger partial charge in [-0.1, -0.05) is 24.4 Å².